The van der Waals surface area contributed by atoms with Gasteiger partial charge in [0.05, 0.1) is 17.2 Å². The highest BCUT2D eigenvalue weighted by molar-refractivity contribution is 6.05. The first kappa shape index (κ1) is 12.8. The summed E-state index contributed by atoms with van der Waals surface area (Å²) in [4.78, 5) is 19.1. The van der Waals surface area contributed by atoms with Gasteiger partial charge >= 0.3 is 0 Å². The Balaban J connectivity index is 1.66. The quantitative estimate of drug-likeness (QED) is 0.871. The third kappa shape index (κ3) is 2.02. The number of nitrogens with zero attached hydrogens (tertiary/aromatic N) is 2. The molecule has 1 N–H and O–H groups in total. The fourth-order valence-corrected chi connectivity index (χ4v) is 3.85. The van der Waals surface area contributed by atoms with Gasteiger partial charge in [-0.1, -0.05) is 18.2 Å². The Kier molecular flexibility index (Phi) is 2.93. The predicted molar refractivity (Wildman–Crippen MR) is 79.9 cm³/mol. The van der Waals surface area contributed by atoms with E-state index < -0.39 is 0 Å². The summed E-state index contributed by atoms with van der Waals surface area (Å²) in [6.07, 6.45) is 3.40. The van der Waals surface area contributed by atoms with Crippen molar-refractivity contribution in [3.8, 4) is 0 Å². The molecule has 0 radical (unpaired) electrons. The fourth-order valence-electron chi connectivity index (χ4n) is 3.85. The summed E-state index contributed by atoms with van der Waals surface area (Å²) in [7, 11) is 0. The van der Waals surface area contributed by atoms with E-state index in [2.05, 4.69) is 4.98 Å². The van der Waals surface area contributed by atoms with Crippen molar-refractivity contribution in [2.75, 3.05) is 13.1 Å². The number of rotatable bonds is 1. The van der Waals surface area contributed by atoms with Crippen LogP contribution in [-0.2, 0) is 0 Å². The van der Waals surface area contributed by atoms with Crippen molar-refractivity contribution in [3.05, 3.63) is 42.1 Å². The zero-order valence-electron chi connectivity index (χ0n) is 11.8. The molecule has 1 aromatic heterocycles. The van der Waals surface area contributed by atoms with Gasteiger partial charge in [-0.15, -0.1) is 0 Å². The number of carbonyl (C=O) groups excluding carboxylic acids is 1. The van der Waals surface area contributed by atoms with Crippen LogP contribution in [0.5, 0.6) is 0 Å². The first-order valence-electron chi connectivity index (χ1n) is 7.55. The number of benzene rings is 1. The Hall–Kier alpha value is -1.94. The van der Waals surface area contributed by atoms with Gasteiger partial charge in [0.2, 0.25) is 0 Å². The molecule has 4 heteroatoms. The summed E-state index contributed by atoms with van der Waals surface area (Å²) in [6, 6.07) is 9.58. The summed E-state index contributed by atoms with van der Waals surface area (Å²) in [5.41, 5.74) is 1.44. The van der Waals surface area contributed by atoms with Gasteiger partial charge in [-0.05, 0) is 30.9 Å². The molecule has 1 aromatic carbocycles. The summed E-state index contributed by atoms with van der Waals surface area (Å²) in [5.74, 6) is 0.768. The van der Waals surface area contributed by atoms with Crippen molar-refractivity contribution in [2.45, 2.75) is 18.9 Å². The minimum atomic E-state index is -0.238. The van der Waals surface area contributed by atoms with Gasteiger partial charge < -0.3 is 10.0 Å². The topological polar surface area (TPSA) is 53.4 Å². The average Bonchev–Trinajstić information content (AvgIpc) is 3.08. The van der Waals surface area contributed by atoms with Crippen LogP contribution in [0.1, 0.15) is 23.2 Å². The SMILES string of the molecule is O=C(c1cccc2cccnc12)N1CC2CCC(O)C2C1. The number of hydrogen-bond donors (Lipinski definition) is 1. The van der Waals surface area contributed by atoms with Crippen LogP contribution in [0, 0.1) is 11.8 Å². The van der Waals surface area contributed by atoms with E-state index in [4.69, 9.17) is 0 Å². The van der Waals surface area contributed by atoms with Gasteiger partial charge in [0.1, 0.15) is 0 Å². The second-order valence-electron chi connectivity index (χ2n) is 6.16. The van der Waals surface area contributed by atoms with Gasteiger partial charge in [0.25, 0.3) is 5.91 Å². The lowest BCUT2D eigenvalue weighted by Crippen LogP contribution is -2.31. The Morgan fingerprint density at radius 2 is 2.05 bits per heavy atom. The van der Waals surface area contributed by atoms with Crippen LogP contribution in [0.3, 0.4) is 0 Å². The van der Waals surface area contributed by atoms with Crippen LogP contribution in [-0.4, -0.2) is 40.1 Å². The number of likely N-dealkylation sites (tertiary alicyclic amines) is 1. The summed E-state index contributed by atoms with van der Waals surface area (Å²) in [6.45, 7) is 1.44. The van der Waals surface area contributed by atoms with Crippen molar-refractivity contribution in [1.29, 1.82) is 0 Å². The molecule has 3 unspecified atom stereocenters. The van der Waals surface area contributed by atoms with Gasteiger partial charge in [0.15, 0.2) is 0 Å². The lowest BCUT2D eigenvalue weighted by molar-refractivity contribution is 0.0754. The molecule has 2 heterocycles. The monoisotopic (exact) mass is 282 g/mol. The second kappa shape index (κ2) is 4.81. The molecule has 4 rings (SSSR count). The van der Waals surface area contributed by atoms with Gasteiger partial charge in [-0.2, -0.15) is 0 Å². The Bertz CT molecular complexity index is 695. The maximum Gasteiger partial charge on any atom is 0.256 e. The molecule has 2 aliphatic rings. The molecule has 4 nitrogen and oxygen atoms in total. The van der Waals surface area contributed by atoms with Crippen molar-refractivity contribution in [3.63, 3.8) is 0 Å². The van der Waals surface area contributed by atoms with Crippen LogP contribution in [0.2, 0.25) is 0 Å². The van der Waals surface area contributed by atoms with E-state index in [9.17, 15) is 9.90 Å². The zero-order valence-corrected chi connectivity index (χ0v) is 11.8. The van der Waals surface area contributed by atoms with Gasteiger partial charge in [-0.3, -0.25) is 9.78 Å². The van der Waals surface area contributed by atoms with Crippen LogP contribution in [0.4, 0.5) is 0 Å². The summed E-state index contributed by atoms with van der Waals surface area (Å²) in [5, 5.41) is 11.0. The molecule has 3 atom stereocenters. The highest BCUT2D eigenvalue weighted by Crippen LogP contribution is 2.38. The van der Waals surface area contributed by atoms with E-state index >= 15 is 0 Å². The molecule has 1 saturated carbocycles. The van der Waals surface area contributed by atoms with E-state index in [0.29, 0.717) is 18.0 Å². The van der Waals surface area contributed by atoms with Gasteiger partial charge in [0, 0.05) is 30.6 Å². The average molecular weight is 282 g/mol. The lowest BCUT2D eigenvalue weighted by atomic mass is 10.00. The molecule has 108 valence electrons. The molecule has 2 aromatic rings. The Labute approximate surface area is 123 Å². The van der Waals surface area contributed by atoms with Crippen molar-refractivity contribution in [1.82, 2.24) is 9.88 Å². The molecule has 1 aliphatic carbocycles. The first-order chi connectivity index (χ1) is 10.2. The van der Waals surface area contributed by atoms with E-state index in [1.165, 1.54) is 0 Å². The molecule has 21 heavy (non-hydrogen) atoms. The van der Waals surface area contributed by atoms with Crippen LogP contribution in [0.25, 0.3) is 10.9 Å². The fraction of sp³-hybridized carbons (Fsp3) is 0.412. The van der Waals surface area contributed by atoms with E-state index in [1.807, 2.05) is 35.2 Å². The van der Waals surface area contributed by atoms with Crippen LogP contribution >= 0.6 is 0 Å². The standard InChI is InChI=1S/C17H18N2O2/c20-15-7-6-12-9-19(10-14(12)15)17(21)13-5-1-3-11-4-2-8-18-16(11)13/h1-5,8,12,14-15,20H,6-7,9-10H2. The Morgan fingerprint density at radius 1 is 1.19 bits per heavy atom. The molecule has 0 bridgehead atoms. The number of fused-ring (bicyclic) bond motifs is 2. The number of para-hydroxylation sites is 1. The van der Waals surface area contributed by atoms with Gasteiger partial charge in [-0.25, -0.2) is 0 Å². The van der Waals surface area contributed by atoms with Crippen molar-refractivity contribution < 1.29 is 9.90 Å². The normalized spacial score (nSPS) is 28.0. The first-order valence-corrected chi connectivity index (χ1v) is 7.55. The number of amides is 1. The Morgan fingerprint density at radius 3 is 2.90 bits per heavy atom. The van der Waals surface area contributed by atoms with E-state index in [-0.39, 0.29) is 17.9 Å². The maximum absolute atomic E-state index is 12.8. The lowest BCUT2D eigenvalue weighted by Gasteiger charge is -2.19. The van der Waals surface area contributed by atoms with E-state index in [1.54, 1.807) is 6.20 Å². The minimum Gasteiger partial charge on any atom is -0.393 e. The maximum atomic E-state index is 12.8. The molecule has 1 amide bonds. The third-order valence-corrected chi connectivity index (χ3v) is 4.97. The minimum absolute atomic E-state index is 0.0425. The molecule has 0 spiro atoms. The third-order valence-electron chi connectivity index (χ3n) is 4.97. The summed E-state index contributed by atoms with van der Waals surface area (Å²) < 4.78 is 0. The zero-order chi connectivity index (χ0) is 14.4. The largest absolute Gasteiger partial charge is 0.393 e. The van der Waals surface area contributed by atoms with E-state index in [0.717, 1.165) is 30.3 Å². The highest BCUT2D eigenvalue weighted by Gasteiger charge is 2.43. The summed E-state index contributed by atoms with van der Waals surface area (Å²) >= 11 is 0. The molecule has 1 aliphatic heterocycles. The number of pyridine rings is 1. The molecular formula is C17H18N2O2. The second-order valence-corrected chi connectivity index (χ2v) is 6.16. The number of aliphatic hydroxyl groups is 1. The van der Waals surface area contributed by atoms with Crippen LogP contribution in [0.15, 0.2) is 36.5 Å². The van der Waals surface area contributed by atoms with Crippen LogP contribution < -0.4 is 0 Å². The van der Waals surface area contributed by atoms with Crippen molar-refractivity contribution >= 4 is 16.8 Å². The highest BCUT2D eigenvalue weighted by atomic mass is 16.3. The smallest absolute Gasteiger partial charge is 0.256 e. The molecular weight excluding hydrogens is 264 g/mol. The number of aliphatic hydroxyl groups excluding tert-OH is 1. The molecule has 1 saturated heterocycles. The number of hydrogen-bond acceptors (Lipinski definition) is 3. The molecule has 2 fully saturated rings. The predicted octanol–water partition coefficient (Wildman–Crippen LogP) is 2.08. The van der Waals surface area contributed by atoms with Crippen molar-refractivity contribution in [2.24, 2.45) is 11.8 Å². The number of aromatic nitrogens is 1. The number of carbonyl (C=O) groups is 1.